The molecule has 1 rings (SSSR count). The third-order valence-corrected chi connectivity index (χ3v) is 2.66. The summed E-state index contributed by atoms with van der Waals surface area (Å²) in [6, 6.07) is 0. The standard InChI is InChI=1S/C9H15BrN2O/c1-12(5-6-13-2)8-3-4-9(10)11-7-8/h7H,3-6H2,1-2H3. The first-order valence-corrected chi connectivity index (χ1v) is 5.14. The lowest BCUT2D eigenvalue weighted by atomic mass is 10.2. The highest BCUT2D eigenvalue weighted by atomic mass is 79.9. The minimum absolute atomic E-state index is 0.763. The van der Waals surface area contributed by atoms with Crippen molar-refractivity contribution < 1.29 is 4.74 Å². The lowest BCUT2D eigenvalue weighted by molar-refractivity contribution is 0.172. The van der Waals surface area contributed by atoms with Crippen molar-refractivity contribution in [3.05, 3.63) is 11.9 Å². The number of methoxy groups -OCH3 is 1. The van der Waals surface area contributed by atoms with E-state index in [4.69, 9.17) is 4.74 Å². The second-order valence-electron chi connectivity index (χ2n) is 3.04. The quantitative estimate of drug-likeness (QED) is 0.759. The van der Waals surface area contributed by atoms with Gasteiger partial charge in [0.25, 0.3) is 0 Å². The van der Waals surface area contributed by atoms with E-state index < -0.39 is 0 Å². The first-order valence-electron chi connectivity index (χ1n) is 4.35. The summed E-state index contributed by atoms with van der Waals surface area (Å²) >= 11 is 3.38. The lowest BCUT2D eigenvalue weighted by Gasteiger charge is -2.23. The number of rotatable bonds is 4. The van der Waals surface area contributed by atoms with Crippen molar-refractivity contribution in [1.29, 1.82) is 0 Å². The normalized spacial score (nSPS) is 16.5. The number of allylic oxidation sites excluding steroid dienone is 1. The molecule has 0 bridgehead atoms. The molecule has 0 N–H and O–H groups in total. The highest BCUT2D eigenvalue weighted by Crippen LogP contribution is 2.17. The zero-order valence-corrected chi connectivity index (χ0v) is 9.67. The largest absolute Gasteiger partial charge is 0.383 e. The maximum absolute atomic E-state index is 5.01. The molecule has 3 nitrogen and oxygen atoms in total. The van der Waals surface area contributed by atoms with Crippen molar-refractivity contribution in [1.82, 2.24) is 4.90 Å². The Labute approximate surface area is 87.6 Å². The second kappa shape index (κ2) is 5.40. The van der Waals surface area contributed by atoms with Crippen LogP contribution in [0.2, 0.25) is 0 Å². The third kappa shape index (κ3) is 3.48. The van der Waals surface area contributed by atoms with Crippen LogP contribution in [0.15, 0.2) is 16.9 Å². The minimum Gasteiger partial charge on any atom is -0.383 e. The Morgan fingerprint density at radius 3 is 2.92 bits per heavy atom. The number of aliphatic imine (C=N–C) groups is 1. The molecule has 0 unspecified atom stereocenters. The molecule has 0 spiro atoms. The molecule has 1 aliphatic rings. The molecule has 1 aliphatic heterocycles. The number of halogens is 1. The molecule has 0 radical (unpaired) electrons. The fraction of sp³-hybridized carbons (Fsp3) is 0.667. The zero-order valence-electron chi connectivity index (χ0n) is 8.09. The van der Waals surface area contributed by atoms with E-state index in [0.29, 0.717) is 0 Å². The van der Waals surface area contributed by atoms with Crippen molar-refractivity contribution in [2.75, 3.05) is 27.3 Å². The summed E-state index contributed by atoms with van der Waals surface area (Å²) in [7, 11) is 3.79. The molecule has 13 heavy (non-hydrogen) atoms. The van der Waals surface area contributed by atoms with E-state index >= 15 is 0 Å². The van der Waals surface area contributed by atoms with E-state index in [0.717, 1.165) is 30.6 Å². The van der Waals surface area contributed by atoms with Gasteiger partial charge in [0.15, 0.2) is 0 Å². The topological polar surface area (TPSA) is 24.8 Å². The molecule has 0 saturated carbocycles. The monoisotopic (exact) mass is 246 g/mol. The number of likely N-dealkylation sites (N-methyl/N-ethyl adjacent to an activating group) is 1. The zero-order chi connectivity index (χ0) is 9.68. The second-order valence-corrected chi connectivity index (χ2v) is 3.96. The van der Waals surface area contributed by atoms with Crippen LogP contribution in [0.1, 0.15) is 12.8 Å². The van der Waals surface area contributed by atoms with Gasteiger partial charge in [-0.15, -0.1) is 0 Å². The smallest absolute Gasteiger partial charge is 0.0833 e. The van der Waals surface area contributed by atoms with Crippen LogP contribution >= 0.6 is 15.9 Å². The van der Waals surface area contributed by atoms with Gasteiger partial charge in [-0.25, -0.2) is 0 Å². The van der Waals surface area contributed by atoms with Crippen molar-refractivity contribution in [2.45, 2.75) is 12.8 Å². The molecule has 0 aromatic carbocycles. The molecule has 0 aromatic heterocycles. The van der Waals surface area contributed by atoms with Gasteiger partial charge in [0, 0.05) is 39.0 Å². The highest BCUT2D eigenvalue weighted by molar-refractivity contribution is 9.18. The van der Waals surface area contributed by atoms with Crippen LogP contribution in [-0.2, 0) is 4.74 Å². The van der Waals surface area contributed by atoms with Crippen LogP contribution in [0.3, 0.4) is 0 Å². The maximum atomic E-state index is 5.01. The molecule has 0 saturated heterocycles. The van der Waals surface area contributed by atoms with Gasteiger partial charge < -0.3 is 9.64 Å². The van der Waals surface area contributed by atoms with Gasteiger partial charge in [-0.2, -0.15) is 0 Å². The van der Waals surface area contributed by atoms with E-state index in [-0.39, 0.29) is 0 Å². The summed E-state index contributed by atoms with van der Waals surface area (Å²) in [6.07, 6.45) is 3.98. The van der Waals surface area contributed by atoms with E-state index in [9.17, 15) is 0 Å². The molecule has 0 aliphatic carbocycles. The summed E-state index contributed by atoms with van der Waals surface area (Å²) in [5.74, 6) is 0. The fourth-order valence-corrected chi connectivity index (χ4v) is 1.47. The molecular formula is C9H15BrN2O. The predicted molar refractivity (Wildman–Crippen MR) is 58.2 cm³/mol. The summed E-state index contributed by atoms with van der Waals surface area (Å²) < 4.78 is 6.05. The Balaban J connectivity index is 2.43. The van der Waals surface area contributed by atoms with E-state index in [1.54, 1.807) is 7.11 Å². The van der Waals surface area contributed by atoms with Crippen LogP contribution < -0.4 is 0 Å². The summed E-state index contributed by atoms with van der Waals surface area (Å²) in [6.45, 7) is 1.69. The number of ether oxygens (including phenoxy) is 1. The number of hydrogen-bond donors (Lipinski definition) is 0. The lowest BCUT2D eigenvalue weighted by Crippen LogP contribution is -2.23. The average Bonchev–Trinajstić information content (AvgIpc) is 2.15. The van der Waals surface area contributed by atoms with E-state index in [1.807, 2.05) is 6.20 Å². The Morgan fingerprint density at radius 2 is 2.38 bits per heavy atom. The van der Waals surface area contributed by atoms with Crippen LogP contribution in [0.5, 0.6) is 0 Å². The van der Waals surface area contributed by atoms with Crippen molar-refractivity contribution in [3.8, 4) is 0 Å². The Hall–Kier alpha value is -0.350. The van der Waals surface area contributed by atoms with Gasteiger partial charge in [0.05, 0.1) is 11.2 Å². The van der Waals surface area contributed by atoms with Crippen LogP contribution in [0.25, 0.3) is 0 Å². The van der Waals surface area contributed by atoms with Crippen molar-refractivity contribution in [3.63, 3.8) is 0 Å². The molecular weight excluding hydrogens is 232 g/mol. The van der Waals surface area contributed by atoms with Crippen LogP contribution in [0.4, 0.5) is 0 Å². The third-order valence-electron chi connectivity index (χ3n) is 2.06. The predicted octanol–water partition coefficient (Wildman–Crippen LogP) is 1.99. The summed E-state index contributed by atoms with van der Waals surface area (Å²) in [5.41, 5.74) is 1.28. The number of nitrogens with zero attached hydrogens (tertiary/aromatic N) is 2. The van der Waals surface area contributed by atoms with Gasteiger partial charge in [-0.05, 0) is 22.4 Å². The molecule has 74 valence electrons. The number of hydrogen-bond acceptors (Lipinski definition) is 3. The Morgan fingerprint density at radius 1 is 1.62 bits per heavy atom. The highest BCUT2D eigenvalue weighted by Gasteiger charge is 2.09. The van der Waals surface area contributed by atoms with E-state index in [1.165, 1.54) is 5.70 Å². The first-order chi connectivity index (χ1) is 6.24. The van der Waals surface area contributed by atoms with Gasteiger partial charge >= 0.3 is 0 Å². The van der Waals surface area contributed by atoms with Crippen LogP contribution in [0, 0.1) is 0 Å². The van der Waals surface area contributed by atoms with E-state index in [2.05, 4.69) is 32.9 Å². The minimum atomic E-state index is 0.763. The van der Waals surface area contributed by atoms with Crippen molar-refractivity contribution >= 4 is 20.6 Å². The molecule has 4 heteroatoms. The molecule has 1 heterocycles. The maximum Gasteiger partial charge on any atom is 0.0833 e. The van der Waals surface area contributed by atoms with Crippen molar-refractivity contribution in [2.24, 2.45) is 4.99 Å². The molecule has 0 atom stereocenters. The molecule has 0 fully saturated rings. The Kier molecular flexibility index (Phi) is 4.45. The molecule has 0 amide bonds. The summed E-state index contributed by atoms with van der Waals surface area (Å²) in [4.78, 5) is 6.42. The van der Waals surface area contributed by atoms with Gasteiger partial charge in [-0.3, -0.25) is 4.99 Å². The fourth-order valence-electron chi connectivity index (χ4n) is 1.17. The average molecular weight is 247 g/mol. The first kappa shape index (κ1) is 10.7. The molecule has 0 aromatic rings. The Bertz CT molecular complexity index is 226. The SMILES string of the molecule is COCCN(C)C1=CN=C(Br)CC1. The van der Waals surface area contributed by atoms with Gasteiger partial charge in [0.2, 0.25) is 0 Å². The summed E-state index contributed by atoms with van der Waals surface area (Å²) in [5, 5.41) is 0. The van der Waals surface area contributed by atoms with Gasteiger partial charge in [0.1, 0.15) is 0 Å². The van der Waals surface area contributed by atoms with Gasteiger partial charge in [-0.1, -0.05) is 0 Å². The van der Waals surface area contributed by atoms with Crippen LogP contribution in [-0.4, -0.2) is 36.8 Å².